The second-order valence-corrected chi connectivity index (χ2v) is 9.00. The van der Waals surface area contributed by atoms with Crippen LogP contribution in [0.1, 0.15) is 64.7 Å². The van der Waals surface area contributed by atoms with E-state index in [0.29, 0.717) is 18.2 Å². The lowest BCUT2D eigenvalue weighted by Crippen LogP contribution is -2.44. The Morgan fingerprint density at radius 1 is 1.18 bits per heavy atom. The van der Waals surface area contributed by atoms with Gasteiger partial charge in [-0.2, -0.15) is 4.37 Å². The van der Waals surface area contributed by atoms with Crippen LogP contribution >= 0.6 is 11.5 Å². The first-order valence-electron chi connectivity index (χ1n) is 11.0. The number of nitrogens with two attached hydrogens (primary N) is 2. The topological polar surface area (TPSA) is 145 Å². The van der Waals surface area contributed by atoms with Gasteiger partial charge in [0.05, 0.1) is 12.0 Å². The van der Waals surface area contributed by atoms with Crippen molar-refractivity contribution in [3.63, 3.8) is 0 Å². The van der Waals surface area contributed by atoms with Crippen LogP contribution in [-0.4, -0.2) is 28.6 Å². The molecule has 180 valence electrons. The van der Waals surface area contributed by atoms with Crippen LogP contribution in [0, 0.1) is 5.92 Å². The van der Waals surface area contributed by atoms with Crippen molar-refractivity contribution in [1.82, 2.24) is 9.69 Å². The fraction of sp³-hybridized carbons (Fsp3) is 0.333. The number of carbonyl (C=O) groups is 3. The highest BCUT2D eigenvalue weighted by atomic mass is 32.1. The van der Waals surface area contributed by atoms with E-state index in [-0.39, 0.29) is 22.0 Å². The maximum atomic E-state index is 13.8. The van der Waals surface area contributed by atoms with E-state index in [1.165, 1.54) is 11.2 Å². The Labute approximate surface area is 202 Å². The molecule has 1 unspecified atom stereocenters. The molecule has 5 N–H and O–H groups in total. The van der Waals surface area contributed by atoms with Crippen LogP contribution in [0.25, 0.3) is 0 Å². The zero-order chi connectivity index (χ0) is 24.8. The summed E-state index contributed by atoms with van der Waals surface area (Å²) in [7, 11) is 0. The number of benzene rings is 1. The van der Waals surface area contributed by atoms with Crippen molar-refractivity contribution >= 4 is 40.6 Å². The number of aromatic nitrogens is 1. The van der Waals surface area contributed by atoms with E-state index in [2.05, 4.69) is 23.5 Å². The molecule has 3 amide bonds. The van der Waals surface area contributed by atoms with Gasteiger partial charge < -0.3 is 21.2 Å². The average molecular weight is 484 g/mol. The van der Waals surface area contributed by atoms with E-state index in [1.54, 1.807) is 24.3 Å². The molecule has 0 aliphatic heterocycles. The predicted molar refractivity (Wildman–Crippen MR) is 132 cm³/mol. The minimum atomic E-state index is -1.11. The van der Waals surface area contributed by atoms with Gasteiger partial charge in [-0.3, -0.25) is 19.3 Å². The third kappa shape index (κ3) is 5.45. The first-order chi connectivity index (χ1) is 16.2. The zero-order valence-electron chi connectivity index (χ0n) is 19.4. The second kappa shape index (κ2) is 11.0. The van der Waals surface area contributed by atoms with Gasteiger partial charge in [0.25, 0.3) is 17.7 Å². The van der Waals surface area contributed by atoms with Crippen molar-refractivity contribution in [2.24, 2.45) is 11.7 Å². The molecule has 0 spiro atoms. The summed E-state index contributed by atoms with van der Waals surface area (Å²) in [6, 6.07) is 9.48. The fourth-order valence-corrected chi connectivity index (χ4v) is 4.16. The quantitative estimate of drug-likeness (QED) is 0.402. The van der Waals surface area contributed by atoms with Crippen molar-refractivity contribution in [3.05, 3.63) is 64.6 Å². The van der Waals surface area contributed by atoms with Gasteiger partial charge in [0.15, 0.2) is 11.7 Å². The summed E-state index contributed by atoms with van der Waals surface area (Å²) in [5.41, 5.74) is 12.6. The number of furan rings is 1. The van der Waals surface area contributed by atoms with E-state index in [1.807, 2.05) is 19.1 Å². The van der Waals surface area contributed by atoms with E-state index >= 15 is 0 Å². The van der Waals surface area contributed by atoms with Gasteiger partial charge in [-0.15, -0.1) is 0 Å². The van der Waals surface area contributed by atoms with Gasteiger partial charge in [-0.25, -0.2) is 0 Å². The molecule has 0 aliphatic rings. The van der Waals surface area contributed by atoms with Crippen molar-refractivity contribution in [2.75, 3.05) is 17.2 Å². The number of nitrogens with one attached hydrogen (secondary N) is 1. The molecule has 1 atom stereocenters. The average Bonchev–Trinajstić information content (AvgIpc) is 3.46. The fourth-order valence-electron chi connectivity index (χ4n) is 3.42. The number of nitrogen functional groups attached to an aromatic ring is 1. The van der Waals surface area contributed by atoms with E-state index in [0.717, 1.165) is 29.9 Å². The Balaban J connectivity index is 2.10. The van der Waals surface area contributed by atoms with Crippen molar-refractivity contribution in [1.29, 1.82) is 0 Å². The molecule has 0 fully saturated rings. The standard InChI is InChI=1S/C24H29N5O4S/c1-4-15-7-9-16(10-8-15)29(24(32)21-18(25)19(22(26)30)28-34-21)20(17-6-5-13-33-17)23(31)27-12-11-14(2)3/h5-10,13-14,20H,4,11-12,25H2,1-3H3,(H2,26,30)(H,27,31). The van der Waals surface area contributed by atoms with E-state index < -0.39 is 23.8 Å². The number of amides is 3. The summed E-state index contributed by atoms with van der Waals surface area (Å²) in [4.78, 5) is 40.2. The van der Waals surface area contributed by atoms with Crippen LogP contribution in [0.5, 0.6) is 0 Å². The normalized spacial score (nSPS) is 11.9. The number of carbonyl (C=O) groups excluding carboxylic acids is 3. The summed E-state index contributed by atoms with van der Waals surface area (Å²) in [5.74, 6) is -1.14. The van der Waals surface area contributed by atoms with Crippen molar-refractivity contribution in [3.8, 4) is 0 Å². The van der Waals surface area contributed by atoms with Crippen molar-refractivity contribution < 1.29 is 18.8 Å². The summed E-state index contributed by atoms with van der Waals surface area (Å²) in [6.45, 7) is 6.59. The summed E-state index contributed by atoms with van der Waals surface area (Å²) in [6.07, 6.45) is 3.04. The Hall–Kier alpha value is -3.66. The number of anilines is 2. The Morgan fingerprint density at radius 2 is 1.88 bits per heavy atom. The lowest BCUT2D eigenvalue weighted by Gasteiger charge is -2.30. The van der Waals surface area contributed by atoms with E-state index in [9.17, 15) is 14.4 Å². The Morgan fingerprint density at radius 3 is 2.41 bits per heavy atom. The molecule has 3 aromatic rings. The molecule has 1 aromatic carbocycles. The predicted octanol–water partition coefficient (Wildman–Crippen LogP) is 3.53. The highest BCUT2D eigenvalue weighted by Crippen LogP contribution is 2.33. The molecule has 0 saturated heterocycles. The summed E-state index contributed by atoms with van der Waals surface area (Å²) in [5, 5.41) is 2.91. The van der Waals surface area contributed by atoms with Gasteiger partial charge >= 0.3 is 0 Å². The molecule has 0 radical (unpaired) electrons. The second-order valence-electron chi connectivity index (χ2n) is 8.22. The maximum absolute atomic E-state index is 13.8. The van der Waals surface area contributed by atoms with Crippen LogP contribution < -0.4 is 21.7 Å². The number of nitrogens with zero attached hydrogens (tertiary/aromatic N) is 2. The molecule has 0 aliphatic carbocycles. The lowest BCUT2D eigenvalue weighted by molar-refractivity contribution is -0.122. The maximum Gasteiger partial charge on any atom is 0.273 e. The van der Waals surface area contributed by atoms with Crippen LogP contribution in [0.15, 0.2) is 47.1 Å². The highest BCUT2D eigenvalue weighted by Gasteiger charge is 2.37. The van der Waals surface area contributed by atoms with Gasteiger partial charge in [-0.1, -0.05) is 32.9 Å². The van der Waals surface area contributed by atoms with Gasteiger partial charge in [0.1, 0.15) is 10.6 Å². The molecule has 0 saturated carbocycles. The smallest absolute Gasteiger partial charge is 0.273 e. The monoisotopic (exact) mass is 483 g/mol. The first kappa shape index (κ1) is 25.0. The zero-order valence-corrected chi connectivity index (χ0v) is 20.2. The lowest BCUT2D eigenvalue weighted by atomic mass is 10.1. The summed E-state index contributed by atoms with van der Waals surface area (Å²) < 4.78 is 9.53. The molecular formula is C24H29N5O4S. The van der Waals surface area contributed by atoms with Crippen molar-refractivity contribution in [2.45, 2.75) is 39.7 Å². The number of hydrogen-bond donors (Lipinski definition) is 3. The Kier molecular flexibility index (Phi) is 8.06. The van der Waals surface area contributed by atoms with Gasteiger partial charge in [0, 0.05) is 12.2 Å². The van der Waals surface area contributed by atoms with Gasteiger partial charge in [0.2, 0.25) is 0 Å². The van der Waals surface area contributed by atoms with Crippen LogP contribution in [0.3, 0.4) is 0 Å². The van der Waals surface area contributed by atoms with E-state index in [4.69, 9.17) is 15.9 Å². The number of primary amides is 1. The molecular weight excluding hydrogens is 454 g/mol. The number of hydrogen-bond acceptors (Lipinski definition) is 7. The molecule has 34 heavy (non-hydrogen) atoms. The summed E-state index contributed by atoms with van der Waals surface area (Å²) >= 11 is 0.762. The minimum Gasteiger partial charge on any atom is -0.467 e. The minimum absolute atomic E-state index is 0.0138. The van der Waals surface area contributed by atoms with Crippen LogP contribution in [0.4, 0.5) is 11.4 Å². The van der Waals surface area contributed by atoms with Crippen LogP contribution in [-0.2, 0) is 11.2 Å². The molecule has 2 heterocycles. The third-order valence-corrected chi connectivity index (χ3v) is 6.19. The van der Waals surface area contributed by atoms with Gasteiger partial charge in [-0.05, 0) is 60.1 Å². The van der Waals surface area contributed by atoms with Crippen LogP contribution in [0.2, 0.25) is 0 Å². The number of rotatable bonds is 10. The number of aryl methyl sites for hydroxylation is 1. The molecule has 10 heteroatoms. The molecule has 2 aromatic heterocycles. The first-order valence-corrected chi connectivity index (χ1v) is 11.8. The largest absolute Gasteiger partial charge is 0.467 e. The molecule has 9 nitrogen and oxygen atoms in total. The SMILES string of the molecule is CCc1ccc(N(C(=O)c2snc(C(N)=O)c2N)C(C(=O)NCCC(C)C)c2ccco2)cc1. The molecule has 0 bridgehead atoms. The third-order valence-electron chi connectivity index (χ3n) is 5.34. The Bertz CT molecular complexity index is 1140. The molecule has 3 rings (SSSR count). The highest BCUT2D eigenvalue weighted by molar-refractivity contribution is 7.09.